The summed E-state index contributed by atoms with van der Waals surface area (Å²) in [5.41, 5.74) is 6.60. The van der Waals surface area contributed by atoms with Crippen molar-refractivity contribution in [2.24, 2.45) is 5.73 Å². The molecule has 0 aliphatic heterocycles. The van der Waals surface area contributed by atoms with Crippen molar-refractivity contribution in [1.82, 2.24) is 15.0 Å². The number of aromatic nitrogens is 3. The van der Waals surface area contributed by atoms with Gasteiger partial charge in [-0.25, -0.2) is 15.0 Å². The molecule has 2 aromatic heterocycles. The Balaban J connectivity index is 2.41. The summed E-state index contributed by atoms with van der Waals surface area (Å²) in [5.74, 6) is 0. The maximum Gasteiger partial charge on any atom is 0.433 e. The fourth-order valence-electron chi connectivity index (χ4n) is 1.70. The Morgan fingerprint density at radius 3 is 2.24 bits per heavy atom. The van der Waals surface area contributed by atoms with E-state index in [2.05, 4.69) is 15.0 Å². The molecule has 112 valence electrons. The fraction of sp³-hybridized carbons (Fsp3) is 0.308. The lowest BCUT2D eigenvalue weighted by Gasteiger charge is -2.11. The van der Waals surface area contributed by atoms with Gasteiger partial charge in [0.15, 0.2) is 5.16 Å². The molecule has 0 fully saturated rings. The van der Waals surface area contributed by atoms with Crippen molar-refractivity contribution in [1.29, 1.82) is 0 Å². The lowest BCUT2D eigenvalue weighted by Crippen LogP contribution is -2.10. The molecule has 4 nitrogen and oxygen atoms in total. The molecule has 0 saturated heterocycles. The normalized spacial score (nSPS) is 11.7. The Labute approximate surface area is 124 Å². The molecular weight excluding hydrogens is 301 g/mol. The van der Waals surface area contributed by atoms with Gasteiger partial charge in [0.25, 0.3) is 0 Å². The van der Waals surface area contributed by atoms with Gasteiger partial charge >= 0.3 is 6.18 Å². The molecule has 0 unspecified atom stereocenters. The first kappa shape index (κ1) is 15.7. The van der Waals surface area contributed by atoms with Gasteiger partial charge < -0.3 is 5.73 Å². The molecule has 0 aromatic carbocycles. The number of hydrogen-bond donors (Lipinski definition) is 1. The second-order valence-corrected chi connectivity index (χ2v) is 5.35. The Kier molecular flexibility index (Phi) is 4.48. The second-order valence-electron chi connectivity index (χ2n) is 4.40. The second kappa shape index (κ2) is 5.98. The molecule has 0 aliphatic carbocycles. The maximum atomic E-state index is 12.7. The Hall–Kier alpha value is -1.67. The predicted molar refractivity (Wildman–Crippen MR) is 72.8 cm³/mol. The first-order chi connectivity index (χ1) is 9.79. The number of rotatable bonds is 3. The van der Waals surface area contributed by atoms with E-state index in [1.165, 1.54) is 6.07 Å². The lowest BCUT2D eigenvalue weighted by atomic mass is 10.2. The molecule has 0 aliphatic rings. The number of pyridine rings is 1. The Bertz CT molecular complexity index is 638. The summed E-state index contributed by atoms with van der Waals surface area (Å²) < 4.78 is 38.2. The predicted octanol–water partition coefficient (Wildman–Crippen LogP) is 3.12. The summed E-state index contributed by atoms with van der Waals surface area (Å²) in [7, 11) is 0. The van der Waals surface area contributed by atoms with Gasteiger partial charge in [0.1, 0.15) is 10.7 Å². The summed E-state index contributed by atoms with van der Waals surface area (Å²) >= 11 is 0.984. The van der Waals surface area contributed by atoms with Gasteiger partial charge in [0, 0.05) is 17.9 Å². The van der Waals surface area contributed by atoms with Gasteiger partial charge in [-0.3, -0.25) is 0 Å². The number of nitrogens with zero attached hydrogens (tertiary/aromatic N) is 3. The van der Waals surface area contributed by atoms with Gasteiger partial charge in [0.05, 0.1) is 0 Å². The van der Waals surface area contributed by atoms with E-state index in [1.54, 1.807) is 19.9 Å². The number of nitrogens with two attached hydrogens (primary N) is 1. The van der Waals surface area contributed by atoms with Gasteiger partial charge in [-0.05, 0) is 43.3 Å². The molecule has 0 radical (unpaired) electrons. The maximum absolute atomic E-state index is 12.7. The van der Waals surface area contributed by atoms with Gasteiger partial charge in [0.2, 0.25) is 0 Å². The van der Waals surface area contributed by atoms with Crippen LogP contribution < -0.4 is 5.73 Å². The lowest BCUT2D eigenvalue weighted by molar-refractivity contribution is -0.141. The van der Waals surface area contributed by atoms with Crippen molar-refractivity contribution in [3.05, 3.63) is 40.8 Å². The molecule has 0 atom stereocenters. The molecule has 0 spiro atoms. The molecule has 0 bridgehead atoms. The summed E-state index contributed by atoms with van der Waals surface area (Å²) in [6.45, 7) is 3.68. The highest BCUT2D eigenvalue weighted by Gasteiger charge is 2.33. The third kappa shape index (κ3) is 3.92. The molecule has 8 heteroatoms. The van der Waals surface area contributed by atoms with Crippen LogP contribution in [0.2, 0.25) is 0 Å². The zero-order valence-electron chi connectivity index (χ0n) is 11.4. The standard InChI is InChI=1S/C13H13F3N4S/c1-7-5-8(2)19-12(18-7)21-11-9(6-17)3-4-10(20-11)13(14,15)16/h3-5H,6,17H2,1-2H3. The molecular formula is C13H13F3N4S. The monoisotopic (exact) mass is 314 g/mol. The van der Waals surface area contributed by atoms with Gasteiger partial charge in [-0.1, -0.05) is 6.07 Å². The largest absolute Gasteiger partial charge is 0.433 e. The first-order valence-corrected chi connectivity index (χ1v) is 6.88. The SMILES string of the molecule is Cc1cc(C)nc(Sc2nc(C(F)(F)F)ccc2CN)n1. The smallest absolute Gasteiger partial charge is 0.326 e. The van der Waals surface area contributed by atoms with E-state index in [4.69, 9.17) is 5.73 Å². The van der Waals surface area contributed by atoms with Crippen LogP contribution in [0.1, 0.15) is 22.6 Å². The number of aryl methyl sites for hydroxylation is 2. The van der Waals surface area contributed by atoms with Crippen molar-refractivity contribution in [2.45, 2.75) is 36.8 Å². The fourth-order valence-corrected chi connectivity index (χ4v) is 2.68. The van der Waals surface area contributed by atoms with E-state index in [1.807, 2.05) is 0 Å². The van der Waals surface area contributed by atoms with Crippen LogP contribution in [-0.2, 0) is 12.7 Å². The van der Waals surface area contributed by atoms with E-state index in [0.717, 1.165) is 29.2 Å². The molecule has 2 rings (SSSR count). The highest BCUT2D eigenvalue weighted by molar-refractivity contribution is 7.99. The van der Waals surface area contributed by atoms with Crippen molar-refractivity contribution in [3.8, 4) is 0 Å². The summed E-state index contributed by atoms with van der Waals surface area (Å²) in [4.78, 5) is 12.0. The summed E-state index contributed by atoms with van der Waals surface area (Å²) in [6, 6.07) is 4.04. The van der Waals surface area contributed by atoms with E-state index < -0.39 is 11.9 Å². The zero-order valence-corrected chi connectivity index (χ0v) is 12.2. The Morgan fingerprint density at radius 1 is 1.10 bits per heavy atom. The minimum Gasteiger partial charge on any atom is -0.326 e. The molecule has 2 heterocycles. The molecule has 2 N–H and O–H groups in total. The van der Waals surface area contributed by atoms with Gasteiger partial charge in [-0.2, -0.15) is 13.2 Å². The van der Waals surface area contributed by atoms with E-state index >= 15 is 0 Å². The topological polar surface area (TPSA) is 64.7 Å². The highest BCUT2D eigenvalue weighted by Crippen LogP contribution is 2.32. The molecule has 0 saturated carbocycles. The number of halogens is 3. The summed E-state index contributed by atoms with van der Waals surface area (Å²) in [6.07, 6.45) is -4.49. The zero-order chi connectivity index (χ0) is 15.6. The Morgan fingerprint density at radius 2 is 1.71 bits per heavy atom. The average Bonchev–Trinajstić information content (AvgIpc) is 2.36. The van der Waals surface area contributed by atoms with E-state index in [9.17, 15) is 13.2 Å². The first-order valence-electron chi connectivity index (χ1n) is 6.07. The quantitative estimate of drug-likeness (QED) is 0.882. The van der Waals surface area contributed by atoms with Crippen molar-refractivity contribution >= 4 is 11.8 Å². The van der Waals surface area contributed by atoms with Crippen molar-refractivity contribution < 1.29 is 13.2 Å². The van der Waals surface area contributed by atoms with Crippen LogP contribution in [0.15, 0.2) is 28.4 Å². The van der Waals surface area contributed by atoms with E-state index in [-0.39, 0.29) is 11.6 Å². The number of hydrogen-bond acceptors (Lipinski definition) is 5. The van der Waals surface area contributed by atoms with Crippen molar-refractivity contribution in [2.75, 3.05) is 0 Å². The molecule has 2 aromatic rings. The average molecular weight is 314 g/mol. The third-order valence-corrected chi connectivity index (χ3v) is 3.51. The number of alkyl halides is 3. The van der Waals surface area contributed by atoms with Gasteiger partial charge in [-0.15, -0.1) is 0 Å². The minimum absolute atomic E-state index is 0.0955. The van der Waals surface area contributed by atoms with Crippen LogP contribution in [-0.4, -0.2) is 15.0 Å². The van der Waals surface area contributed by atoms with Crippen LogP contribution in [0, 0.1) is 13.8 Å². The van der Waals surface area contributed by atoms with E-state index in [0.29, 0.717) is 10.7 Å². The van der Waals surface area contributed by atoms with Crippen LogP contribution >= 0.6 is 11.8 Å². The van der Waals surface area contributed by atoms with Crippen LogP contribution in [0.4, 0.5) is 13.2 Å². The highest BCUT2D eigenvalue weighted by atomic mass is 32.2. The van der Waals surface area contributed by atoms with Crippen LogP contribution in [0.5, 0.6) is 0 Å². The minimum atomic E-state index is -4.49. The molecule has 0 amide bonds. The third-order valence-electron chi connectivity index (χ3n) is 2.60. The van der Waals surface area contributed by atoms with Crippen LogP contribution in [0.25, 0.3) is 0 Å². The van der Waals surface area contributed by atoms with Crippen molar-refractivity contribution in [3.63, 3.8) is 0 Å². The summed E-state index contributed by atoms with van der Waals surface area (Å²) in [5, 5.41) is 0.534. The molecule has 21 heavy (non-hydrogen) atoms. The van der Waals surface area contributed by atoms with Crippen LogP contribution in [0.3, 0.4) is 0 Å².